The van der Waals surface area contributed by atoms with Gasteiger partial charge in [0.25, 0.3) is 0 Å². The van der Waals surface area contributed by atoms with E-state index in [1.54, 1.807) is 0 Å². The lowest BCUT2D eigenvalue weighted by Gasteiger charge is -2.02. The van der Waals surface area contributed by atoms with Gasteiger partial charge < -0.3 is 10.3 Å². The highest BCUT2D eigenvalue weighted by molar-refractivity contribution is 5.88. The minimum atomic E-state index is -0.885. The van der Waals surface area contributed by atoms with Crippen LogP contribution < -0.4 is 0 Å². The molecule has 4 heteroatoms. The third-order valence-corrected chi connectivity index (χ3v) is 2.02. The second-order valence-corrected chi connectivity index (χ2v) is 3.22. The molecule has 0 aromatic heterocycles. The maximum Gasteiger partial charge on any atom is 0.303 e. The van der Waals surface area contributed by atoms with Crippen LogP contribution in [-0.4, -0.2) is 22.0 Å². The largest absolute Gasteiger partial charge is 0.481 e. The molecule has 0 saturated carbocycles. The van der Waals surface area contributed by atoms with Gasteiger partial charge >= 0.3 is 5.97 Å². The molecule has 0 saturated heterocycles. The molecule has 0 heterocycles. The first kappa shape index (κ1) is 11.2. The molecule has 0 radical (unpaired) electrons. The van der Waals surface area contributed by atoms with Gasteiger partial charge in [-0.3, -0.25) is 4.79 Å². The predicted octanol–water partition coefficient (Wildman–Crippen LogP) is 1.92. The Morgan fingerprint density at radius 1 is 1.20 bits per heavy atom. The second-order valence-electron chi connectivity index (χ2n) is 3.22. The van der Waals surface area contributed by atoms with Crippen molar-refractivity contribution < 1.29 is 15.1 Å². The van der Waals surface area contributed by atoms with Crippen molar-refractivity contribution in [1.82, 2.24) is 0 Å². The number of carboxylic acid groups (broad SMARTS) is 1. The summed E-state index contributed by atoms with van der Waals surface area (Å²) in [4.78, 5) is 10.3. The van der Waals surface area contributed by atoms with Gasteiger partial charge in [-0.15, -0.1) is 0 Å². The van der Waals surface area contributed by atoms with Crippen molar-refractivity contribution in [1.29, 1.82) is 0 Å². The molecule has 1 rings (SSSR count). The number of carbonyl (C=O) groups is 1. The van der Waals surface area contributed by atoms with Gasteiger partial charge in [0.2, 0.25) is 0 Å². The smallest absolute Gasteiger partial charge is 0.303 e. The van der Waals surface area contributed by atoms with Crippen molar-refractivity contribution in [2.24, 2.45) is 5.16 Å². The van der Waals surface area contributed by atoms with Gasteiger partial charge in [-0.25, -0.2) is 0 Å². The topological polar surface area (TPSA) is 69.9 Å². The van der Waals surface area contributed by atoms with Gasteiger partial charge in [0.05, 0.1) is 12.1 Å². The molecule has 80 valence electrons. The fraction of sp³-hybridized carbons (Fsp3) is 0.273. The van der Waals surface area contributed by atoms with Crippen LogP contribution >= 0.6 is 0 Å². The number of rotatable bonds is 5. The summed E-state index contributed by atoms with van der Waals surface area (Å²) in [5.41, 5.74) is 1.50. The summed E-state index contributed by atoms with van der Waals surface area (Å²) in [6.45, 7) is 0. The van der Waals surface area contributed by atoms with E-state index in [1.165, 1.54) is 0 Å². The van der Waals surface area contributed by atoms with Crippen molar-refractivity contribution in [3.63, 3.8) is 0 Å². The lowest BCUT2D eigenvalue weighted by Crippen LogP contribution is -2.06. The zero-order chi connectivity index (χ0) is 11.1. The first-order chi connectivity index (χ1) is 7.22. The van der Waals surface area contributed by atoms with Crippen LogP contribution in [0.25, 0.3) is 0 Å². The van der Waals surface area contributed by atoms with Gasteiger partial charge in [0.15, 0.2) is 0 Å². The van der Waals surface area contributed by atoms with E-state index >= 15 is 0 Å². The molecule has 0 atom stereocenters. The van der Waals surface area contributed by atoms with Gasteiger partial charge in [0.1, 0.15) is 0 Å². The van der Waals surface area contributed by atoms with Gasteiger partial charge in [-0.05, 0) is 12.0 Å². The highest BCUT2D eigenvalue weighted by atomic mass is 16.4. The van der Waals surface area contributed by atoms with E-state index in [0.29, 0.717) is 12.1 Å². The molecule has 0 aliphatic rings. The summed E-state index contributed by atoms with van der Waals surface area (Å²) in [6, 6.07) is 9.50. The standard InChI is InChI=1S/C11H13NO3/c13-11(14)7-6-10(12-15)8-9-4-2-1-3-5-9/h1-5,15H,6-8H2,(H,13,14)/b12-10-. The summed E-state index contributed by atoms with van der Waals surface area (Å²) < 4.78 is 0. The average molecular weight is 207 g/mol. The highest BCUT2D eigenvalue weighted by Gasteiger charge is 2.05. The van der Waals surface area contributed by atoms with E-state index in [0.717, 1.165) is 5.56 Å². The third-order valence-electron chi connectivity index (χ3n) is 2.02. The van der Waals surface area contributed by atoms with E-state index in [4.69, 9.17) is 10.3 Å². The summed E-state index contributed by atoms with van der Waals surface area (Å²) in [7, 11) is 0. The number of benzene rings is 1. The van der Waals surface area contributed by atoms with E-state index in [9.17, 15) is 4.79 Å². The normalized spacial score (nSPS) is 11.3. The Bertz CT molecular complexity index is 346. The van der Waals surface area contributed by atoms with E-state index < -0.39 is 5.97 Å². The van der Waals surface area contributed by atoms with Crippen LogP contribution in [0.2, 0.25) is 0 Å². The van der Waals surface area contributed by atoms with Crippen molar-refractivity contribution in [3.8, 4) is 0 Å². The molecule has 0 aliphatic heterocycles. The Morgan fingerprint density at radius 3 is 2.40 bits per heavy atom. The number of carboxylic acids is 1. The van der Waals surface area contributed by atoms with Gasteiger partial charge in [0, 0.05) is 6.42 Å². The van der Waals surface area contributed by atoms with Crippen LogP contribution in [0.15, 0.2) is 35.5 Å². The number of oxime groups is 1. The number of hydrogen-bond donors (Lipinski definition) is 2. The number of hydrogen-bond acceptors (Lipinski definition) is 3. The van der Waals surface area contributed by atoms with Gasteiger partial charge in [-0.2, -0.15) is 0 Å². The van der Waals surface area contributed by atoms with Crippen LogP contribution in [0.3, 0.4) is 0 Å². The van der Waals surface area contributed by atoms with Crippen LogP contribution in [0.5, 0.6) is 0 Å². The van der Waals surface area contributed by atoms with Crippen molar-refractivity contribution >= 4 is 11.7 Å². The molecule has 0 bridgehead atoms. The van der Waals surface area contributed by atoms with Gasteiger partial charge in [-0.1, -0.05) is 35.5 Å². The summed E-state index contributed by atoms with van der Waals surface area (Å²) in [5.74, 6) is -0.885. The molecule has 0 spiro atoms. The molecule has 1 aromatic rings. The Balaban J connectivity index is 2.52. The van der Waals surface area contributed by atoms with Crippen LogP contribution in [0.1, 0.15) is 18.4 Å². The minimum Gasteiger partial charge on any atom is -0.481 e. The molecular weight excluding hydrogens is 194 g/mol. The molecule has 0 unspecified atom stereocenters. The molecule has 0 fully saturated rings. The molecule has 1 aromatic carbocycles. The molecule has 15 heavy (non-hydrogen) atoms. The number of aliphatic carboxylic acids is 1. The molecule has 4 nitrogen and oxygen atoms in total. The fourth-order valence-electron chi connectivity index (χ4n) is 1.26. The summed E-state index contributed by atoms with van der Waals surface area (Å²) >= 11 is 0. The predicted molar refractivity (Wildman–Crippen MR) is 56.2 cm³/mol. The first-order valence-electron chi connectivity index (χ1n) is 4.68. The Kier molecular flexibility index (Phi) is 4.34. The van der Waals surface area contributed by atoms with Crippen LogP contribution in [-0.2, 0) is 11.2 Å². The first-order valence-corrected chi connectivity index (χ1v) is 4.68. The number of nitrogens with zero attached hydrogens (tertiary/aromatic N) is 1. The van der Waals surface area contributed by atoms with Crippen LogP contribution in [0.4, 0.5) is 0 Å². The highest BCUT2D eigenvalue weighted by Crippen LogP contribution is 2.04. The molecule has 0 amide bonds. The van der Waals surface area contributed by atoms with Crippen molar-refractivity contribution in [3.05, 3.63) is 35.9 Å². The summed E-state index contributed by atoms with van der Waals surface area (Å²) in [6.07, 6.45) is 0.761. The second kappa shape index (κ2) is 5.80. The molecule has 0 aliphatic carbocycles. The Labute approximate surface area is 87.9 Å². The maximum absolute atomic E-state index is 10.3. The minimum absolute atomic E-state index is 0.00771. The van der Waals surface area contributed by atoms with Crippen molar-refractivity contribution in [2.45, 2.75) is 19.3 Å². The Morgan fingerprint density at radius 2 is 1.87 bits per heavy atom. The molecular formula is C11H13NO3. The maximum atomic E-state index is 10.3. The summed E-state index contributed by atoms with van der Waals surface area (Å²) in [5, 5.41) is 20.3. The van der Waals surface area contributed by atoms with Crippen molar-refractivity contribution in [2.75, 3.05) is 0 Å². The average Bonchev–Trinajstić information content (AvgIpc) is 2.25. The Hall–Kier alpha value is -1.84. The SMILES string of the molecule is O=C(O)CC/C(Cc1ccccc1)=N/O. The lowest BCUT2D eigenvalue weighted by atomic mass is 10.1. The fourth-order valence-corrected chi connectivity index (χ4v) is 1.26. The van der Waals surface area contributed by atoms with E-state index in [-0.39, 0.29) is 12.8 Å². The lowest BCUT2D eigenvalue weighted by molar-refractivity contribution is -0.136. The van der Waals surface area contributed by atoms with Crippen LogP contribution in [0, 0.1) is 0 Å². The van der Waals surface area contributed by atoms with E-state index in [1.807, 2.05) is 30.3 Å². The zero-order valence-electron chi connectivity index (χ0n) is 8.26. The zero-order valence-corrected chi connectivity index (χ0v) is 8.26. The molecule has 2 N–H and O–H groups in total. The van der Waals surface area contributed by atoms with E-state index in [2.05, 4.69) is 5.16 Å². The third kappa shape index (κ3) is 4.26. The monoisotopic (exact) mass is 207 g/mol. The quantitative estimate of drug-likeness (QED) is 0.440.